The van der Waals surface area contributed by atoms with Gasteiger partial charge in [-0.2, -0.15) is 0 Å². The van der Waals surface area contributed by atoms with E-state index in [0.29, 0.717) is 29.8 Å². The highest BCUT2D eigenvalue weighted by molar-refractivity contribution is 6.35. The molecule has 0 saturated carbocycles. The fourth-order valence-corrected chi connectivity index (χ4v) is 4.63. The van der Waals surface area contributed by atoms with E-state index >= 15 is 0 Å². The zero-order chi connectivity index (χ0) is 24.5. The highest BCUT2D eigenvalue weighted by Gasteiger charge is 2.38. The largest absolute Gasteiger partial charge is 0.384 e. The van der Waals surface area contributed by atoms with Crippen LogP contribution in [0.3, 0.4) is 0 Å². The average Bonchev–Trinajstić information content (AvgIpc) is 3.23. The Morgan fingerprint density at radius 1 is 1.09 bits per heavy atom. The molecule has 0 fully saturated rings. The van der Waals surface area contributed by atoms with Crippen LogP contribution < -0.4 is 5.32 Å². The van der Waals surface area contributed by atoms with Crippen LogP contribution in [0.1, 0.15) is 54.6 Å². The first kappa shape index (κ1) is 24.2. The lowest BCUT2D eigenvalue weighted by Gasteiger charge is -2.22. The third kappa shape index (κ3) is 4.65. The molecule has 4 rings (SSSR count). The van der Waals surface area contributed by atoms with Gasteiger partial charge in [0.05, 0.1) is 15.8 Å². The van der Waals surface area contributed by atoms with Gasteiger partial charge in [0.25, 0.3) is 0 Å². The molecule has 1 atom stereocenters. The molecule has 0 saturated heterocycles. The quantitative estimate of drug-likeness (QED) is 0.300. The van der Waals surface area contributed by atoms with Gasteiger partial charge in [0.1, 0.15) is 0 Å². The smallest absolute Gasteiger partial charge is 0.220 e. The molecule has 34 heavy (non-hydrogen) atoms. The van der Waals surface area contributed by atoms with Crippen molar-refractivity contribution in [1.82, 2.24) is 5.32 Å². The molecule has 1 aliphatic heterocycles. The molecule has 3 aromatic carbocycles. The third-order valence-corrected chi connectivity index (χ3v) is 6.50. The van der Waals surface area contributed by atoms with Crippen LogP contribution >= 0.6 is 23.2 Å². The molecule has 1 amide bonds. The predicted molar refractivity (Wildman–Crippen MR) is 132 cm³/mol. The van der Waals surface area contributed by atoms with Crippen molar-refractivity contribution in [3.05, 3.63) is 81.1 Å². The standard InChI is InChI=1S/C26H23Cl2FN2O3/c1-3-30-24(33)11-10-23(32)19-9-8-18(16-6-4-5-7-17(16)19)22-14-26(2,34-31-22)15-12-20(27)25(29)21(28)13-15/h4-9,12-13H,3,10-11,14H2,1-2H3,(H,30,33). The Kier molecular flexibility index (Phi) is 6.91. The number of carbonyl (C=O) groups is 2. The van der Waals surface area contributed by atoms with Crippen LogP contribution in [0, 0.1) is 5.82 Å². The first-order valence-electron chi connectivity index (χ1n) is 11.0. The number of oxime groups is 1. The Balaban J connectivity index is 1.63. The molecule has 8 heteroatoms. The molecular weight excluding hydrogens is 478 g/mol. The zero-order valence-electron chi connectivity index (χ0n) is 18.8. The lowest BCUT2D eigenvalue weighted by molar-refractivity contribution is -0.120. The van der Waals surface area contributed by atoms with Gasteiger partial charge in [-0.1, -0.05) is 64.8 Å². The summed E-state index contributed by atoms with van der Waals surface area (Å²) >= 11 is 12.0. The number of hydrogen-bond donors (Lipinski definition) is 1. The second kappa shape index (κ2) is 9.72. The van der Waals surface area contributed by atoms with E-state index < -0.39 is 11.4 Å². The average molecular weight is 501 g/mol. The molecule has 1 heterocycles. The van der Waals surface area contributed by atoms with Crippen molar-refractivity contribution < 1.29 is 18.8 Å². The molecule has 0 aromatic heterocycles. The summed E-state index contributed by atoms with van der Waals surface area (Å²) < 4.78 is 13.9. The van der Waals surface area contributed by atoms with Gasteiger partial charge < -0.3 is 10.2 Å². The van der Waals surface area contributed by atoms with E-state index in [2.05, 4.69) is 10.5 Å². The number of fused-ring (bicyclic) bond motifs is 1. The fraction of sp³-hybridized carbons (Fsp3) is 0.269. The first-order valence-corrected chi connectivity index (χ1v) is 11.7. The maximum atomic E-state index is 13.9. The van der Waals surface area contributed by atoms with E-state index in [0.717, 1.165) is 16.3 Å². The molecule has 1 aliphatic rings. The summed E-state index contributed by atoms with van der Waals surface area (Å²) in [6, 6.07) is 14.2. The Morgan fingerprint density at radius 2 is 1.76 bits per heavy atom. The van der Waals surface area contributed by atoms with E-state index in [1.165, 1.54) is 12.1 Å². The van der Waals surface area contributed by atoms with Crippen LogP contribution in [-0.2, 0) is 15.2 Å². The van der Waals surface area contributed by atoms with Crippen LogP contribution in [0.4, 0.5) is 4.39 Å². The van der Waals surface area contributed by atoms with Gasteiger partial charge in [0.2, 0.25) is 5.91 Å². The van der Waals surface area contributed by atoms with E-state index in [-0.39, 0.29) is 34.6 Å². The van der Waals surface area contributed by atoms with Crippen molar-refractivity contribution in [3.8, 4) is 0 Å². The summed E-state index contributed by atoms with van der Waals surface area (Å²) in [7, 11) is 0. The molecule has 0 bridgehead atoms. The zero-order valence-corrected chi connectivity index (χ0v) is 20.3. The minimum absolute atomic E-state index is 0.0818. The number of nitrogens with zero attached hydrogens (tertiary/aromatic N) is 1. The minimum Gasteiger partial charge on any atom is -0.384 e. The molecule has 3 aromatic rings. The monoisotopic (exact) mass is 500 g/mol. The number of carbonyl (C=O) groups excluding carboxylic acids is 2. The maximum absolute atomic E-state index is 13.9. The van der Waals surface area contributed by atoms with E-state index in [9.17, 15) is 14.0 Å². The Labute approximate surface area is 206 Å². The predicted octanol–water partition coefficient (Wildman–Crippen LogP) is 6.42. The maximum Gasteiger partial charge on any atom is 0.220 e. The SMILES string of the molecule is CCNC(=O)CCC(=O)c1ccc(C2=NOC(C)(c3cc(Cl)c(F)c(Cl)c3)C2)c2ccccc12. The van der Waals surface area contributed by atoms with Crippen LogP contribution in [0.25, 0.3) is 10.8 Å². The number of rotatable bonds is 7. The summed E-state index contributed by atoms with van der Waals surface area (Å²) in [5, 5.41) is 8.50. The molecule has 0 aliphatic carbocycles. The third-order valence-electron chi connectivity index (χ3n) is 5.95. The van der Waals surface area contributed by atoms with Crippen LogP contribution in [-0.4, -0.2) is 23.9 Å². The van der Waals surface area contributed by atoms with Crippen molar-refractivity contribution in [3.63, 3.8) is 0 Å². The van der Waals surface area contributed by atoms with Crippen molar-refractivity contribution in [1.29, 1.82) is 0 Å². The number of halogens is 3. The number of nitrogens with one attached hydrogen (secondary N) is 1. The number of ketones is 1. The van der Waals surface area contributed by atoms with Gasteiger partial charge >= 0.3 is 0 Å². The lowest BCUT2D eigenvalue weighted by Crippen LogP contribution is -2.23. The Bertz CT molecular complexity index is 1300. The summed E-state index contributed by atoms with van der Waals surface area (Å²) in [4.78, 5) is 30.5. The van der Waals surface area contributed by atoms with Gasteiger partial charge in [-0.3, -0.25) is 9.59 Å². The number of amides is 1. The summed E-state index contributed by atoms with van der Waals surface area (Å²) in [5.41, 5.74) is 1.82. The number of benzene rings is 3. The number of hydrogen-bond acceptors (Lipinski definition) is 4. The fourth-order valence-electron chi connectivity index (χ4n) is 4.14. The van der Waals surface area contributed by atoms with Gasteiger partial charge in [0.15, 0.2) is 17.2 Å². The van der Waals surface area contributed by atoms with Crippen molar-refractivity contribution >= 4 is 51.4 Å². The summed E-state index contributed by atoms with van der Waals surface area (Å²) in [6.07, 6.45) is 0.674. The van der Waals surface area contributed by atoms with Crippen molar-refractivity contribution in [2.45, 2.75) is 38.7 Å². The van der Waals surface area contributed by atoms with Gasteiger partial charge in [-0.05, 0) is 36.8 Å². The number of Topliss-reactive ketones (excluding diaryl/α,β-unsaturated/α-hetero) is 1. The van der Waals surface area contributed by atoms with Gasteiger partial charge in [-0.15, -0.1) is 0 Å². The van der Waals surface area contributed by atoms with Gasteiger partial charge in [0, 0.05) is 42.5 Å². The molecule has 1 N–H and O–H groups in total. The highest BCUT2D eigenvalue weighted by atomic mass is 35.5. The second-order valence-electron chi connectivity index (χ2n) is 8.37. The topological polar surface area (TPSA) is 67.8 Å². The summed E-state index contributed by atoms with van der Waals surface area (Å²) in [6.45, 7) is 4.21. The Hall–Kier alpha value is -2.96. The van der Waals surface area contributed by atoms with E-state index in [1.54, 1.807) is 6.07 Å². The first-order chi connectivity index (χ1) is 16.2. The normalized spacial score (nSPS) is 17.4. The molecule has 5 nitrogen and oxygen atoms in total. The lowest BCUT2D eigenvalue weighted by atomic mass is 9.86. The van der Waals surface area contributed by atoms with Crippen LogP contribution in [0.5, 0.6) is 0 Å². The van der Waals surface area contributed by atoms with Crippen molar-refractivity contribution in [2.75, 3.05) is 6.54 Å². The van der Waals surface area contributed by atoms with Gasteiger partial charge in [-0.25, -0.2) is 4.39 Å². The molecular formula is C26H23Cl2FN2O3. The van der Waals surface area contributed by atoms with E-state index in [4.69, 9.17) is 28.0 Å². The van der Waals surface area contributed by atoms with Crippen LogP contribution in [0.2, 0.25) is 10.0 Å². The van der Waals surface area contributed by atoms with Crippen LogP contribution in [0.15, 0.2) is 53.7 Å². The molecule has 0 spiro atoms. The van der Waals surface area contributed by atoms with Crippen molar-refractivity contribution in [2.24, 2.45) is 5.16 Å². The second-order valence-corrected chi connectivity index (χ2v) is 9.19. The van der Waals surface area contributed by atoms with E-state index in [1.807, 2.05) is 44.2 Å². The molecule has 0 radical (unpaired) electrons. The molecule has 1 unspecified atom stereocenters. The Morgan fingerprint density at radius 3 is 2.44 bits per heavy atom. The summed E-state index contributed by atoms with van der Waals surface area (Å²) in [5.74, 6) is -0.915. The minimum atomic E-state index is -0.876. The highest BCUT2D eigenvalue weighted by Crippen LogP contribution is 2.40. The molecule has 176 valence electrons.